The van der Waals surface area contributed by atoms with Gasteiger partial charge in [0.05, 0.1) is 18.8 Å². The van der Waals surface area contributed by atoms with Crippen LogP contribution in [0.25, 0.3) is 0 Å². The van der Waals surface area contributed by atoms with E-state index in [4.69, 9.17) is 0 Å². The predicted octanol–water partition coefficient (Wildman–Crippen LogP) is 20.2. The summed E-state index contributed by atoms with van der Waals surface area (Å²) < 4.78 is 0. The van der Waals surface area contributed by atoms with Gasteiger partial charge in [-0.1, -0.05) is 300 Å². The normalized spacial score (nSPS) is 13.1. The molecule has 0 saturated carbocycles. The van der Waals surface area contributed by atoms with E-state index in [1.165, 1.54) is 270 Å². The third-order valence-electron chi connectivity index (χ3n) is 14.0. The summed E-state index contributed by atoms with van der Waals surface area (Å²) >= 11 is 0. The van der Waals surface area contributed by atoms with E-state index in [1.54, 1.807) is 6.08 Å². The molecule has 2 unspecified atom stereocenters. The molecule has 0 rings (SSSR count). The lowest BCUT2D eigenvalue weighted by Gasteiger charge is -2.19. The van der Waals surface area contributed by atoms with Crippen molar-refractivity contribution in [3.8, 4) is 0 Å². The van der Waals surface area contributed by atoms with Crippen LogP contribution in [-0.4, -0.2) is 34.9 Å². The predicted molar refractivity (Wildman–Crippen MR) is 299 cm³/mol. The van der Waals surface area contributed by atoms with Crippen LogP contribution in [0.1, 0.15) is 328 Å². The fraction of sp³-hybridized carbons (Fsp3) is 0.857. The molecular formula is C63H119NO3. The van der Waals surface area contributed by atoms with Crippen molar-refractivity contribution < 1.29 is 15.0 Å². The van der Waals surface area contributed by atoms with Crippen molar-refractivity contribution in [3.63, 3.8) is 0 Å². The van der Waals surface area contributed by atoms with Crippen molar-refractivity contribution in [2.24, 2.45) is 0 Å². The Labute approximate surface area is 420 Å². The zero-order chi connectivity index (χ0) is 48.5. The van der Waals surface area contributed by atoms with E-state index in [1.807, 2.05) is 6.08 Å². The molecule has 0 aromatic carbocycles. The van der Waals surface area contributed by atoms with E-state index < -0.39 is 12.1 Å². The molecule has 0 aromatic heterocycles. The van der Waals surface area contributed by atoms with E-state index in [0.717, 1.165) is 38.5 Å². The van der Waals surface area contributed by atoms with Crippen LogP contribution >= 0.6 is 0 Å². The van der Waals surface area contributed by atoms with Gasteiger partial charge in [-0.3, -0.25) is 4.79 Å². The zero-order valence-electron chi connectivity index (χ0n) is 45.4. The summed E-state index contributed by atoms with van der Waals surface area (Å²) in [7, 11) is 0. The number of aliphatic hydroxyl groups excluding tert-OH is 2. The molecule has 0 heterocycles. The van der Waals surface area contributed by atoms with E-state index in [0.29, 0.717) is 6.42 Å². The van der Waals surface area contributed by atoms with Gasteiger partial charge in [-0.05, 0) is 70.6 Å². The maximum absolute atomic E-state index is 12.5. The average Bonchev–Trinajstić information content (AvgIpc) is 3.33. The van der Waals surface area contributed by atoms with Crippen molar-refractivity contribution in [2.45, 2.75) is 341 Å². The first-order valence-electron chi connectivity index (χ1n) is 30.4. The fourth-order valence-corrected chi connectivity index (χ4v) is 9.39. The van der Waals surface area contributed by atoms with Gasteiger partial charge in [-0.25, -0.2) is 0 Å². The molecular weight excluding hydrogens is 819 g/mol. The minimum atomic E-state index is -0.870. The number of aliphatic hydroxyl groups is 2. The first kappa shape index (κ1) is 65.3. The SMILES string of the molecule is CCCCCCCCCC/C=C/CC/C=C/CC/C=C/C(O)C(CO)NC(=O)CCCCCCCCCCCCCCCCCCC/C=C\CCCCCCCCCCCCCCCCCC. The lowest BCUT2D eigenvalue weighted by Crippen LogP contribution is -2.45. The summed E-state index contributed by atoms with van der Waals surface area (Å²) in [6.07, 6.45) is 81.6. The first-order valence-corrected chi connectivity index (χ1v) is 30.4. The average molecular weight is 939 g/mol. The first-order chi connectivity index (χ1) is 33.2. The molecule has 1 amide bonds. The molecule has 0 aliphatic heterocycles. The minimum absolute atomic E-state index is 0.0738. The number of rotatable bonds is 56. The summed E-state index contributed by atoms with van der Waals surface area (Å²) in [4.78, 5) is 12.5. The van der Waals surface area contributed by atoms with Gasteiger partial charge in [-0.2, -0.15) is 0 Å². The monoisotopic (exact) mass is 938 g/mol. The summed E-state index contributed by atoms with van der Waals surface area (Å²) in [5.74, 6) is -0.0738. The van der Waals surface area contributed by atoms with Crippen molar-refractivity contribution >= 4 is 5.91 Å². The van der Waals surface area contributed by atoms with Crippen LogP contribution in [0.4, 0.5) is 0 Å². The molecule has 3 N–H and O–H groups in total. The van der Waals surface area contributed by atoms with Gasteiger partial charge >= 0.3 is 0 Å². The van der Waals surface area contributed by atoms with Crippen LogP contribution in [0.3, 0.4) is 0 Å². The Morgan fingerprint density at radius 3 is 0.866 bits per heavy atom. The number of amides is 1. The Hall–Kier alpha value is -1.65. The molecule has 2 atom stereocenters. The van der Waals surface area contributed by atoms with Crippen LogP contribution in [0.2, 0.25) is 0 Å². The number of allylic oxidation sites excluding steroid dienone is 7. The fourth-order valence-electron chi connectivity index (χ4n) is 9.39. The summed E-state index contributed by atoms with van der Waals surface area (Å²) in [5.41, 5.74) is 0. The topological polar surface area (TPSA) is 69.6 Å². The van der Waals surface area contributed by atoms with Crippen LogP contribution in [0.5, 0.6) is 0 Å². The number of unbranched alkanes of at least 4 members (excludes halogenated alkanes) is 43. The molecule has 0 spiro atoms. The molecule has 394 valence electrons. The lowest BCUT2D eigenvalue weighted by molar-refractivity contribution is -0.123. The number of carbonyl (C=O) groups excluding carboxylic acids is 1. The highest BCUT2D eigenvalue weighted by molar-refractivity contribution is 5.76. The number of nitrogens with one attached hydrogen (secondary N) is 1. The van der Waals surface area contributed by atoms with Crippen LogP contribution < -0.4 is 5.32 Å². The molecule has 67 heavy (non-hydrogen) atoms. The van der Waals surface area contributed by atoms with E-state index in [2.05, 4.69) is 55.6 Å². The standard InChI is InChI=1S/C63H119NO3/c1-3-5-7-9-11-13-15-17-19-21-23-24-25-26-27-28-29-30-31-32-33-34-35-36-37-38-39-40-41-43-45-47-49-51-53-55-57-59-63(67)64-61(60-65)62(66)58-56-54-52-50-48-46-44-42-22-20-18-16-14-12-10-8-6-4-2/h22,30-31,42,48,50,56,58,61-62,65-66H,3-21,23-29,32-41,43-47,49,51-55,57,59-60H2,1-2H3,(H,64,67)/b31-30-,42-22+,50-48+,58-56+. The van der Waals surface area contributed by atoms with Crippen molar-refractivity contribution in [1.29, 1.82) is 0 Å². The quantitative estimate of drug-likeness (QED) is 0.0420. The van der Waals surface area contributed by atoms with E-state index >= 15 is 0 Å². The van der Waals surface area contributed by atoms with Gasteiger partial charge in [0, 0.05) is 6.42 Å². The number of hydrogen-bond donors (Lipinski definition) is 3. The molecule has 4 heteroatoms. The van der Waals surface area contributed by atoms with Gasteiger partial charge in [0.1, 0.15) is 0 Å². The maximum Gasteiger partial charge on any atom is 0.220 e. The second-order valence-corrected chi connectivity index (χ2v) is 20.7. The Morgan fingerprint density at radius 2 is 0.582 bits per heavy atom. The summed E-state index contributed by atoms with van der Waals surface area (Å²) in [6.45, 7) is 4.32. The molecule has 4 nitrogen and oxygen atoms in total. The molecule has 0 aliphatic rings. The maximum atomic E-state index is 12.5. The smallest absolute Gasteiger partial charge is 0.220 e. The Balaban J connectivity index is 3.45. The molecule has 0 aromatic rings. The lowest BCUT2D eigenvalue weighted by atomic mass is 10.0. The molecule has 0 radical (unpaired) electrons. The second kappa shape index (κ2) is 58.7. The number of hydrogen-bond acceptors (Lipinski definition) is 3. The summed E-state index contributed by atoms with van der Waals surface area (Å²) in [6, 6.07) is -0.646. The largest absolute Gasteiger partial charge is 0.394 e. The molecule has 0 fully saturated rings. The van der Waals surface area contributed by atoms with Gasteiger partial charge < -0.3 is 15.5 Å². The highest BCUT2D eigenvalue weighted by Gasteiger charge is 2.18. The Bertz CT molecular complexity index is 1060. The van der Waals surface area contributed by atoms with Crippen LogP contribution in [0, 0.1) is 0 Å². The Kier molecular flexibility index (Phi) is 57.2. The summed E-state index contributed by atoms with van der Waals surface area (Å²) in [5, 5.41) is 23.1. The van der Waals surface area contributed by atoms with Crippen LogP contribution in [0.15, 0.2) is 48.6 Å². The van der Waals surface area contributed by atoms with Gasteiger partial charge in [0.15, 0.2) is 0 Å². The number of carbonyl (C=O) groups is 1. The minimum Gasteiger partial charge on any atom is -0.394 e. The third-order valence-corrected chi connectivity index (χ3v) is 14.0. The van der Waals surface area contributed by atoms with E-state index in [9.17, 15) is 15.0 Å². The third kappa shape index (κ3) is 55.2. The van der Waals surface area contributed by atoms with Gasteiger partial charge in [-0.15, -0.1) is 0 Å². The van der Waals surface area contributed by atoms with Gasteiger partial charge in [0.25, 0.3) is 0 Å². The van der Waals surface area contributed by atoms with Gasteiger partial charge in [0.2, 0.25) is 5.91 Å². The van der Waals surface area contributed by atoms with E-state index in [-0.39, 0.29) is 12.5 Å². The Morgan fingerprint density at radius 1 is 0.343 bits per heavy atom. The highest BCUT2D eigenvalue weighted by Crippen LogP contribution is 2.17. The molecule has 0 aliphatic carbocycles. The van der Waals surface area contributed by atoms with Crippen molar-refractivity contribution in [2.75, 3.05) is 6.61 Å². The molecule has 0 bridgehead atoms. The van der Waals surface area contributed by atoms with Crippen molar-refractivity contribution in [1.82, 2.24) is 5.32 Å². The van der Waals surface area contributed by atoms with Crippen molar-refractivity contribution in [3.05, 3.63) is 48.6 Å². The van der Waals surface area contributed by atoms with Crippen LogP contribution in [-0.2, 0) is 4.79 Å². The molecule has 0 saturated heterocycles. The highest BCUT2D eigenvalue weighted by atomic mass is 16.3. The second-order valence-electron chi connectivity index (χ2n) is 20.7. The zero-order valence-corrected chi connectivity index (χ0v) is 45.4.